The highest BCUT2D eigenvalue weighted by atomic mass is 19.1. The summed E-state index contributed by atoms with van der Waals surface area (Å²) in [7, 11) is 2.72. The molecule has 0 saturated carbocycles. The first-order valence-electron chi connectivity index (χ1n) is 4.52. The van der Waals surface area contributed by atoms with Gasteiger partial charge < -0.3 is 9.47 Å². The molecule has 3 nitrogen and oxygen atoms in total. The number of rotatable bonds is 4. The molecule has 0 heterocycles. The smallest absolute Gasteiger partial charge is 0.315 e. The van der Waals surface area contributed by atoms with Gasteiger partial charge in [-0.25, -0.2) is 4.39 Å². The molecule has 0 aliphatic carbocycles. The molecule has 1 aromatic rings. The van der Waals surface area contributed by atoms with Crippen LogP contribution in [0.4, 0.5) is 4.39 Å². The minimum absolute atomic E-state index is 0.105. The molecule has 0 radical (unpaired) electrons. The van der Waals surface area contributed by atoms with Crippen LogP contribution < -0.4 is 0 Å². The van der Waals surface area contributed by atoms with Crippen molar-refractivity contribution in [2.75, 3.05) is 20.8 Å². The molecule has 1 unspecified atom stereocenters. The van der Waals surface area contributed by atoms with Crippen molar-refractivity contribution in [3.63, 3.8) is 0 Å². The van der Waals surface area contributed by atoms with Crippen LogP contribution in [-0.2, 0) is 14.3 Å². The van der Waals surface area contributed by atoms with Crippen molar-refractivity contribution in [2.24, 2.45) is 0 Å². The van der Waals surface area contributed by atoms with Crippen LogP contribution in [0.5, 0.6) is 0 Å². The molecular formula is C11H13FO3. The quantitative estimate of drug-likeness (QED) is 0.713. The lowest BCUT2D eigenvalue weighted by atomic mass is 10.00. The largest absolute Gasteiger partial charge is 0.468 e. The van der Waals surface area contributed by atoms with Crippen LogP contribution in [0.3, 0.4) is 0 Å². The summed E-state index contributed by atoms with van der Waals surface area (Å²) in [5.41, 5.74) is 0.297. The van der Waals surface area contributed by atoms with E-state index >= 15 is 0 Å². The third kappa shape index (κ3) is 2.76. The predicted octanol–water partition coefficient (Wildman–Crippen LogP) is 1.73. The second-order valence-corrected chi connectivity index (χ2v) is 3.05. The number of halogens is 1. The summed E-state index contributed by atoms with van der Waals surface area (Å²) < 4.78 is 22.9. The van der Waals surface area contributed by atoms with Gasteiger partial charge in [-0.05, 0) is 6.07 Å². The van der Waals surface area contributed by atoms with Crippen LogP contribution in [0.15, 0.2) is 24.3 Å². The van der Waals surface area contributed by atoms with Gasteiger partial charge in [-0.3, -0.25) is 4.79 Å². The fourth-order valence-corrected chi connectivity index (χ4v) is 1.35. The highest BCUT2D eigenvalue weighted by Gasteiger charge is 2.23. The Labute approximate surface area is 87.8 Å². The van der Waals surface area contributed by atoms with E-state index in [4.69, 9.17) is 4.74 Å². The first-order valence-corrected chi connectivity index (χ1v) is 4.52. The zero-order valence-electron chi connectivity index (χ0n) is 8.70. The highest BCUT2D eigenvalue weighted by Crippen LogP contribution is 2.20. The molecule has 0 amide bonds. The fraction of sp³-hybridized carbons (Fsp3) is 0.364. The minimum Gasteiger partial charge on any atom is -0.468 e. The maximum Gasteiger partial charge on any atom is 0.315 e. The highest BCUT2D eigenvalue weighted by molar-refractivity contribution is 5.78. The molecule has 82 valence electrons. The van der Waals surface area contributed by atoms with E-state index in [0.29, 0.717) is 5.56 Å². The van der Waals surface area contributed by atoms with E-state index in [-0.39, 0.29) is 6.61 Å². The standard InChI is InChI=1S/C11H13FO3/c1-14-7-9(11(13)15-2)8-5-3-4-6-10(8)12/h3-6,9H,7H2,1-2H3. The molecule has 4 heteroatoms. The second-order valence-electron chi connectivity index (χ2n) is 3.05. The van der Waals surface area contributed by atoms with Crippen molar-refractivity contribution >= 4 is 5.97 Å². The van der Waals surface area contributed by atoms with E-state index in [0.717, 1.165) is 0 Å². The number of ether oxygens (including phenoxy) is 2. The molecule has 1 rings (SSSR count). The number of methoxy groups -OCH3 is 2. The van der Waals surface area contributed by atoms with Crippen LogP contribution in [0.25, 0.3) is 0 Å². The molecule has 0 saturated heterocycles. The number of carbonyl (C=O) groups excluding carboxylic acids is 1. The molecule has 1 atom stereocenters. The van der Waals surface area contributed by atoms with Gasteiger partial charge in [0.25, 0.3) is 0 Å². The van der Waals surface area contributed by atoms with E-state index in [2.05, 4.69) is 4.74 Å². The second kappa shape index (κ2) is 5.46. The summed E-state index contributed by atoms with van der Waals surface area (Å²) in [6.45, 7) is 0.105. The van der Waals surface area contributed by atoms with Crippen LogP contribution >= 0.6 is 0 Å². The summed E-state index contributed by atoms with van der Waals surface area (Å²) in [6, 6.07) is 6.10. The Bertz CT molecular complexity index is 338. The van der Waals surface area contributed by atoms with Crippen LogP contribution in [0.1, 0.15) is 11.5 Å². The maximum absolute atomic E-state index is 13.4. The van der Waals surface area contributed by atoms with Crippen LogP contribution in [-0.4, -0.2) is 26.8 Å². The van der Waals surface area contributed by atoms with Crippen LogP contribution in [0, 0.1) is 5.82 Å². The van der Waals surface area contributed by atoms with Crippen molar-refractivity contribution in [1.29, 1.82) is 0 Å². The van der Waals surface area contributed by atoms with Crippen molar-refractivity contribution in [2.45, 2.75) is 5.92 Å². The summed E-state index contributed by atoms with van der Waals surface area (Å²) in [5, 5.41) is 0. The van der Waals surface area contributed by atoms with Crippen molar-refractivity contribution in [3.05, 3.63) is 35.6 Å². The lowest BCUT2D eigenvalue weighted by Crippen LogP contribution is -2.20. The molecular weight excluding hydrogens is 199 g/mol. The number of esters is 1. The Morgan fingerprint density at radius 3 is 2.60 bits per heavy atom. The zero-order chi connectivity index (χ0) is 11.3. The van der Waals surface area contributed by atoms with Crippen LogP contribution in [0.2, 0.25) is 0 Å². The molecule has 1 aromatic carbocycles. The van der Waals surface area contributed by atoms with Gasteiger partial charge in [-0.1, -0.05) is 18.2 Å². The van der Waals surface area contributed by atoms with Gasteiger partial charge in [0.2, 0.25) is 0 Å². The molecule has 0 spiro atoms. The minimum atomic E-state index is -0.707. The Balaban J connectivity index is 2.98. The molecule has 0 aliphatic heterocycles. The SMILES string of the molecule is COCC(C(=O)OC)c1ccccc1F. The first-order chi connectivity index (χ1) is 7.20. The first kappa shape index (κ1) is 11.7. The number of hydrogen-bond donors (Lipinski definition) is 0. The summed E-state index contributed by atoms with van der Waals surface area (Å²) in [4.78, 5) is 11.4. The topological polar surface area (TPSA) is 35.5 Å². The number of carbonyl (C=O) groups is 1. The van der Waals surface area contributed by atoms with Gasteiger partial charge in [0, 0.05) is 12.7 Å². The lowest BCUT2D eigenvalue weighted by Gasteiger charge is -2.14. The van der Waals surface area contributed by atoms with E-state index < -0.39 is 17.7 Å². The van der Waals surface area contributed by atoms with Gasteiger partial charge in [0.15, 0.2) is 0 Å². The van der Waals surface area contributed by atoms with E-state index in [1.807, 2.05) is 0 Å². The van der Waals surface area contributed by atoms with Crippen molar-refractivity contribution < 1.29 is 18.7 Å². The fourth-order valence-electron chi connectivity index (χ4n) is 1.35. The monoisotopic (exact) mass is 212 g/mol. The van der Waals surface area contributed by atoms with Gasteiger partial charge in [0.05, 0.1) is 13.7 Å². The maximum atomic E-state index is 13.4. The lowest BCUT2D eigenvalue weighted by molar-refractivity contribution is -0.143. The van der Waals surface area contributed by atoms with E-state index in [1.165, 1.54) is 20.3 Å². The average molecular weight is 212 g/mol. The molecule has 0 aliphatic rings. The Morgan fingerprint density at radius 2 is 2.07 bits per heavy atom. The normalized spacial score (nSPS) is 12.2. The summed E-state index contributed by atoms with van der Waals surface area (Å²) >= 11 is 0. The van der Waals surface area contributed by atoms with Crippen molar-refractivity contribution in [3.8, 4) is 0 Å². The molecule has 0 aromatic heterocycles. The Kier molecular flexibility index (Phi) is 4.24. The number of benzene rings is 1. The Hall–Kier alpha value is -1.42. The third-order valence-electron chi connectivity index (χ3n) is 2.10. The number of hydrogen-bond acceptors (Lipinski definition) is 3. The summed E-state index contributed by atoms with van der Waals surface area (Å²) in [5.74, 6) is -1.63. The molecule has 15 heavy (non-hydrogen) atoms. The predicted molar refractivity (Wildman–Crippen MR) is 53.0 cm³/mol. The summed E-state index contributed by atoms with van der Waals surface area (Å²) in [6.07, 6.45) is 0. The van der Waals surface area contributed by atoms with Gasteiger partial charge in [-0.2, -0.15) is 0 Å². The zero-order valence-corrected chi connectivity index (χ0v) is 8.70. The molecule has 0 N–H and O–H groups in total. The Morgan fingerprint density at radius 1 is 1.40 bits per heavy atom. The third-order valence-corrected chi connectivity index (χ3v) is 2.10. The van der Waals surface area contributed by atoms with E-state index in [9.17, 15) is 9.18 Å². The van der Waals surface area contributed by atoms with Crippen molar-refractivity contribution in [1.82, 2.24) is 0 Å². The van der Waals surface area contributed by atoms with Gasteiger partial charge >= 0.3 is 5.97 Å². The van der Waals surface area contributed by atoms with Gasteiger partial charge in [-0.15, -0.1) is 0 Å². The average Bonchev–Trinajstić information content (AvgIpc) is 2.26. The molecule has 0 bridgehead atoms. The van der Waals surface area contributed by atoms with Gasteiger partial charge in [0.1, 0.15) is 11.7 Å². The van der Waals surface area contributed by atoms with E-state index in [1.54, 1.807) is 18.2 Å². The molecule has 0 fully saturated rings.